The zero-order chi connectivity index (χ0) is 14.6. The van der Waals surface area contributed by atoms with Crippen LogP contribution in [0.3, 0.4) is 0 Å². The number of pyridine rings is 1. The smallest absolute Gasteiger partial charge is 0.225 e. The van der Waals surface area contributed by atoms with E-state index >= 15 is 0 Å². The van der Waals surface area contributed by atoms with Crippen LogP contribution in [0.4, 0.5) is 5.69 Å². The van der Waals surface area contributed by atoms with Gasteiger partial charge in [0, 0.05) is 6.42 Å². The van der Waals surface area contributed by atoms with Gasteiger partial charge >= 0.3 is 0 Å². The molecule has 1 aromatic rings. The van der Waals surface area contributed by atoms with Crippen LogP contribution in [0.5, 0.6) is 0 Å². The van der Waals surface area contributed by atoms with Crippen molar-refractivity contribution in [3.05, 3.63) is 22.4 Å². The summed E-state index contributed by atoms with van der Waals surface area (Å²) < 4.78 is 0.807. The highest BCUT2D eigenvalue weighted by Gasteiger charge is 2.32. The van der Waals surface area contributed by atoms with Gasteiger partial charge in [-0.15, -0.1) is 0 Å². The number of aromatic nitrogens is 1. The van der Waals surface area contributed by atoms with Gasteiger partial charge in [-0.25, -0.2) is 4.98 Å². The lowest BCUT2D eigenvalue weighted by molar-refractivity contribution is -0.118. The van der Waals surface area contributed by atoms with Crippen molar-refractivity contribution in [1.82, 2.24) is 4.98 Å². The summed E-state index contributed by atoms with van der Waals surface area (Å²) in [7, 11) is 0. The number of nitrogens with two attached hydrogens (primary N) is 1. The van der Waals surface area contributed by atoms with Gasteiger partial charge in [-0.2, -0.15) is 0 Å². The standard InChI is InChI=1S/C15H22BrN3O/c1-11-7-12(9-18-14(11)16)19-13(20)8-15(10-17)5-3-2-4-6-15/h7,9H,2-6,8,10,17H2,1H3,(H,19,20). The second kappa shape index (κ2) is 6.68. The fourth-order valence-electron chi connectivity index (χ4n) is 2.93. The second-order valence-corrected chi connectivity index (χ2v) is 6.57. The number of anilines is 1. The quantitative estimate of drug-likeness (QED) is 0.826. The number of hydrogen-bond donors (Lipinski definition) is 2. The van der Waals surface area contributed by atoms with Gasteiger partial charge in [-0.3, -0.25) is 4.79 Å². The van der Waals surface area contributed by atoms with Gasteiger partial charge < -0.3 is 11.1 Å². The van der Waals surface area contributed by atoms with Crippen molar-refractivity contribution in [2.45, 2.75) is 45.4 Å². The van der Waals surface area contributed by atoms with Crippen LogP contribution >= 0.6 is 15.9 Å². The molecular weight excluding hydrogens is 318 g/mol. The molecule has 3 N–H and O–H groups in total. The molecule has 0 aromatic carbocycles. The molecule has 2 rings (SSSR count). The summed E-state index contributed by atoms with van der Waals surface area (Å²) in [5.74, 6) is 0.0425. The zero-order valence-corrected chi connectivity index (χ0v) is 13.5. The van der Waals surface area contributed by atoms with Crippen molar-refractivity contribution < 1.29 is 4.79 Å². The van der Waals surface area contributed by atoms with E-state index in [1.54, 1.807) is 6.20 Å². The molecule has 1 fully saturated rings. The van der Waals surface area contributed by atoms with Crippen LogP contribution in [-0.2, 0) is 4.79 Å². The number of carbonyl (C=O) groups is 1. The summed E-state index contributed by atoms with van der Waals surface area (Å²) >= 11 is 3.35. The van der Waals surface area contributed by atoms with Crippen molar-refractivity contribution in [3.63, 3.8) is 0 Å². The van der Waals surface area contributed by atoms with Crippen molar-refractivity contribution in [2.24, 2.45) is 11.1 Å². The summed E-state index contributed by atoms with van der Waals surface area (Å²) in [5, 5.41) is 2.94. The molecule has 0 bridgehead atoms. The van der Waals surface area contributed by atoms with E-state index in [1.165, 1.54) is 19.3 Å². The van der Waals surface area contributed by atoms with E-state index in [-0.39, 0.29) is 11.3 Å². The number of hydrogen-bond acceptors (Lipinski definition) is 3. The molecule has 0 saturated heterocycles. The lowest BCUT2D eigenvalue weighted by atomic mass is 9.71. The molecule has 4 nitrogen and oxygen atoms in total. The molecule has 110 valence electrons. The first-order valence-corrected chi connectivity index (χ1v) is 7.96. The summed E-state index contributed by atoms with van der Waals surface area (Å²) in [6.45, 7) is 2.55. The Hall–Kier alpha value is -0.940. The fourth-order valence-corrected chi connectivity index (χ4v) is 3.14. The number of carbonyl (C=O) groups excluding carboxylic acids is 1. The molecule has 1 aliphatic carbocycles. The lowest BCUT2D eigenvalue weighted by Crippen LogP contribution is -2.36. The predicted octanol–water partition coefficient (Wildman–Crippen LogP) is 3.39. The topological polar surface area (TPSA) is 68.0 Å². The molecular formula is C15H22BrN3O. The number of rotatable bonds is 4. The van der Waals surface area contributed by atoms with Gasteiger partial charge in [-0.1, -0.05) is 19.3 Å². The van der Waals surface area contributed by atoms with Crippen LogP contribution in [0.15, 0.2) is 16.9 Å². The van der Waals surface area contributed by atoms with E-state index in [0.717, 1.165) is 28.7 Å². The van der Waals surface area contributed by atoms with Crippen molar-refractivity contribution in [3.8, 4) is 0 Å². The van der Waals surface area contributed by atoms with Crippen molar-refractivity contribution >= 4 is 27.5 Å². The Balaban J connectivity index is 1.98. The maximum atomic E-state index is 12.2. The average molecular weight is 340 g/mol. The first-order valence-electron chi connectivity index (χ1n) is 7.17. The fraction of sp³-hybridized carbons (Fsp3) is 0.600. The van der Waals surface area contributed by atoms with Crippen LogP contribution in [0, 0.1) is 12.3 Å². The molecule has 5 heteroatoms. The Bertz CT molecular complexity index is 484. The highest BCUT2D eigenvalue weighted by Crippen LogP contribution is 2.38. The number of aryl methyl sites for hydroxylation is 1. The molecule has 20 heavy (non-hydrogen) atoms. The summed E-state index contributed by atoms with van der Waals surface area (Å²) in [6, 6.07) is 1.92. The maximum Gasteiger partial charge on any atom is 0.225 e. The second-order valence-electron chi connectivity index (χ2n) is 5.82. The van der Waals surface area contributed by atoms with Crippen LogP contribution in [0.1, 0.15) is 44.1 Å². The summed E-state index contributed by atoms with van der Waals surface area (Å²) in [5.41, 5.74) is 7.68. The third-order valence-electron chi connectivity index (χ3n) is 4.18. The van der Waals surface area contributed by atoms with Gasteiger partial charge in [0.25, 0.3) is 0 Å². The first-order chi connectivity index (χ1) is 9.54. The Kier molecular flexibility index (Phi) is 5.16. The van der Waals surface area contributed by atoms with Gasteiger partial charge in [0.05, 0.1) is 11.9 Å². The summed E-state index contributed by atoms with van der Waals surface area (Å²) in [4.78, 5) is 16.4. The molecule has 0 radical (unpaired) electrons. The van der Waals surface area contributed by atoms with E-state index in [9.17, 15) is 4.79 Å². The zero-order valence-electron chi connectivity index (χ0n) is 11.9. The van der Waals surface area contributed by atoms with Crippen molar-refractivity contribution in [2.75, 3.05) is 11.9 Å². The van der Waals surface area contributed by atoms with Crippen LogP contribution in [0.25, 0.3) is 0 Å². The molecule has 1 saturated carbocycles. The third kappa shape index (κ3) is 3.79. The van der Waals surface area contributed by atoms with E-state index in [1.807, 2.05) is 13.0 Å². The monoisotopic (exact) mass is 339 g/mol. The van der Waals surface area contributed by atoms with E-state index in [2.05, 4.69) is 26.2 Å². The van der Waals surface area contributed by atoms with E-state index < -0.39 is 0 Å². The largest absolute Gasteiger partial charge is 0.330 e. The average Bonchev–Trinajstić information content (AvgIpc) is 2.44. The Morgan fingerprint density at radius 1 is 1.45 bits per heavy atom. The van der Waals surface area contributed by atoms with E-state index in [4.69, 9.17) is 5.73 Å². The highest BCUT2D eigenvalue weighted by molar-refractivity contribution is 9.10. The lowest BCUT2D eigenvalue weighted by Gasteiger charge is -2.35. The van der Waals surface area contributed by atoms with Gasteiger partial charge in [0.15, 0.2) is 0 Å². The van der Waals surface area contributed by atoms with Crippen LogP contribution in [0.2, 0.25) is 0 Å². The number of amides is 1. The number of halogens is 1. The molecule has 0 atom stereocenters. The molecule has 1 aliphatic rings. The minimum Gasteiger partial charge on any atom is -0.330 e. The molecule has 1 amide bonds. The number of nitrogens with one attached hydrogen (secondary N) is 1. The van der Waals surface area contributed by atoms with Gasteiger partial charge in [0.1, 0.15) is 4.60 Å². The van der Waals surface area contributed by atoms with Crippen molar-refractivity contribution in [1.29, 1.82) is 0 Å². The maximum absolute atomic E-state index is 12.2. The number of nitrogens with zero attached hydrogens (tertiary/aromatic N) is 1. The molecule has 0 aliphatic heterocycles. The SMILES string of the molecule is Cc1cc(NC(=O)CC2(CN)CCCCC2)cnc1Br. The third-order valence-corrected chi connectivity index (χ3v) is 5.01. The van der Waals surface area contributed by atoms with Gasteiger partial charge in [-0.05, 0) is 59.3 Å². The Morgan fingerprint density at radius 3 is 2.75 bits per heavy atom. The molecule has 1 heterocycles. The Morgan fingerprint density at radius 2 is 2.15 bits per heavy atom. The highest BCUT2D eigenvalue weighted by atomic mass is 79.9. The van der Waals surface area contributed by atoms with Crippen LogP contribution in [-0.4, -0.2) is 17.4 Å². The van der Waals surface area contributed by atoms with E-state index in [0.29, 0.717) is 13.0 Å². The molecule has 0 spiro atoms. The minimum atomic E-state index is 0.000169. The van der Waals surface area contributed by atoms with Crippen LogP contribution < -0.4 is 11.1 Å². The molecule has 0 unspecified atom stereocenters. The molecule has 1 aromatic heterocycles. The summed E-state index contributed by atoms with van der Waals surface area (Å²) in [6.07, 6.45) is 7.94. The predicted molar refractivity (Wildman–Crippen MR) is 84.5 cm³/mol. The first kappa shape index (κ1) is 15.4. The normalized spacial score (nSPS) is 17.8. The minimum absolute atomic E-state index is 0.000169. The Labute approximate surface area is 128 Å². The van der Waals surface area contributed by atoms with Gasteiger partial charge in [0.2, 0.25) is 5.91 Å².